The van der Waals surface area contributed by atoms with Crippen LogP contribution in [0.4, 0.5) is 15.8 Å². The van der Waals surface area contributed by atoms with E-state index in [0.29, 0.717) is 6.42 Å². The molecule has 1 N–H and O–H groups in total. The van der Waals surface area contributed by atoms with Crippen molar-refractivity contribution in [3.63, 3.8) is 0 Å². The molecule has 0 fully saturated rings. The summed E-state index contributed by atoms with van der Waals surface area (Å²) in [5, 5.41) is 13.1. The quantitative estimate of drug-likeness (QED) is 0.609. The van der Waals surface area contributed by atoms with Gasteiger partial charge in [-0.3, -0.25) is 14.9 Å². The van der Waals surface area contributed by atoms with Crippen LogP contribution in [0.5, 0.6) is 0 Å². The predicted octanol–water partition coefficient (Wildman–Crippen LogP) is 3.89. The Balaban J connectivity index is 2.83. The lowest BCUT2D eigenvalue weighted by Gasteiger charge is -2.14. The number of halogens is 1. The Kier molecular flexibility index (Phi) is 6.09. The third-order valence-corrected chi connectivity index (χ3v) is 3.19. The Morgan fingerprint density at radius 2 is 2.15 bits per heavy atom. The number of amides is 1. The van der Waals surface area contributed by atoms with Gasteiger partial charge in [0.1, 0.15) is 5.82 Å². The van der Waals surface area contributed by atoms with Gasteiger partial charge in [0.05, 0.1) is 10.6 Å². The molecule has 0 aliphatic rings. The molecule has 0 bridgehead atoms. The van der Waals surface area contributed by atoms with Crippen LogP contribution in [0.1, 0.15) is 39.5 Å². The summed E-state index contributed by atoms with van der Waals surface area (Å²) in [5.41, 5.74) is -0.387. The maximum absolute atomic E-state index is 13.6. The lowest BCUT2D eigenvalue weighted by atomic mass is 9.98. The molecule has 1 aromatic rings. The lowest BCUT2D eigenvalue weighted by Crippen LogP contribution is -2.23. The predicted molar refractivity (Wildman–Crippen MR) is 75.0 cm³/mol. The Morgan fingerprint density at radius 3 is 2.70 bits per heavy atom. The van der Waals surface area contributed by atoms with E-state index in [2.05, 4.69) is 5.32 Å². The van der Waals surface area contributed by atoms with Crippen molar-refractivity contribution < 1.29 is 14.1 Å². The summed E-state index contributed by atoms with van der Waals surface area (Å²) in [6, 6.07) is 3.10. The molecule has 0 spiro atoms. The topological polar surface area (TPSA) is 72.2 Å². The minimum atomic E-state index is -0.672. The van der Waals surface area contributed by atoms with Crippen LogP contribution in [0.15, 0.2) is 18.2 Å². The van der Waals surface area contributed by atoms with Gasteiger partial charge in [-0.15, -0.1) is 0 Å². The van der Waals surface area contributed by atoms with Crippen LogP contribution in [0.25, 0.3) is 0 Å². The van der Waals surface area contributed by atoms with Crippen molar-refractivity contribution in [2.75, 3.05) is 5.32 Å². The summed E-state index contributed by atoms with van der Waals surface area (Å²) >= 11 is 0. The van der Waals surface area contributed by atoms with Gasteiger partial charge in [-0.2, -0.15) is 0 Å². The molecule has 20 heavy (non-hydrogen) atoms. The van der Waals surface area contributed by atoms with Crippen molar-refractivity contribution >= 4 is 17.3 Å². The van der Waals surface area contributed by atoms with Gasteiger partial charge < -0.3 is 5.32 Å². The molecule has 0 radical (unpaired) electrons. The minimum absolute atomic E-state index is 0.140. The van der Waals surface area contributed by atoms with Crippen molar-refractivity contribution in [3.8, 4) is 0 Å². The zero-order valence-corrected chi connectivity index (χ0v) is 11.7. The van der Waals surface area contributed by atoms with Crippen LogP contribution in [0.2, 0.25) is 0 Å². The van der Waals surface area contributed by atoms with Crippen molar-refractivity contribution in [3.05, 3.63) is 34.1 Å². The van der Waals surface area contributed by atoms with Gasteiger partial charge in [-0.05, 0) is 18.9 Å². The lowest BCUT2D eigenvalue weighted by molar-refractivity contribution is -0.384. The summed E-state index contributed by atoms with van der Waals surface area (Å²) in [4.78, 5) is 22.1. The highest BCUT2D eigenvalue weighted by Gasteiger charge is 2.19. The van der Waals surface area contributed by atoms with Gasteiger partial charge in [0.2, 0.25) is 5.91 Å². The van der Waals surface area contributed by atoms with Crippen LogP contribution >= 0.6 is 0 Å². The number of hydrogen-bond acceptors (Lipinski definition) is 3. The number of nitrogens with one attached hydrogen (secondary N) is 1. The number of benzene rings is 1. The number of anilines is 1. The first-order valence-corrected chi connectivity index (χ1v) is 6.74. The van der Waals surface area contributed by atoms with E-state index in [4.69, 9.17) is 0 Å². The van der Waals surface area contributed by atoms with E-state index < -0.39 is 10.7 Å². The smallest absolute Gasteiger partial charge is 0.271 e. The van der Waals surface area contributed by atoms with Crippen LogP contribution < -0.4 is 5.32 Å². The highest BCUT2D eigenvalue weighted by Crippen LogP contribution is 2.23. The van der Waals surface area contributed by atoms with Gasteiger partial charge in [-0.25, -0.2) is 4.39 Å². The second-order valence-corrected chi connectivity index (χ2v) is 4.66. The molecule has 0 saturated carbocycles. The molecule has 1 amide bonds. The number of carbonyl (C=O) groups excluding carboxylic acids is 1. The number of nitro benzene ring substituents is 1. The minimum Gasteiger partial charge on any atom is -0.323 e. The van der Waals surface area contributed by atoms with Crippen LogP contribution in [-0.4, -0.2) is 10.8 Å². The third kappa shape index (κ3) is 4.29. The Bertz CT molecular complexity index is 491. The molecule has 5 nitrogen and oxygen atoms in total. The van der Waals surface area contributed by atoms with Crippen molar-refractivity contribution in [2.45, 2.75) is 39.5 Å². The summed E-state index contributed by atoms with van der Waals surface area (Å²) in [6.07, 6.45) is 3.29. The van der Waals surface area contributed by atoms with Gasteiger partial charge >= 0.3 is 0 Å². The number of non-ortho nitro benzene ring substituents is 1. The first-order chi connectivity index (χ1) is 9.49. The van der Waals surface area contributed by atoms with Gasteiger partial charge in [0.25, 0.3) is 5.69 Å². The molecular formula is C14H19FN2O3. The Morgan fingerprint density at radius 1 is 1.45 bits per heavy atom. The molecule has 110 valence electrons. The van der Waals surface area contributed by atoms with E-state index in [1.54, 1.807) is 0 Å². The number of carbonyl (C=O) groups is 1. The van der Waals surface area contributed by atoms with Crippen molar-refractivity contribution in [1.29, 1.82) is 0 Å². The summed E-state index contributed by atoms with van der Waals surface area (Å²) < 4.78 is 13.6. The van der Waals surface area contributed by atoms with E-state index in [0.717, 1.165) is 37.5 Å². The Labute approximate surface area is 117 Å². The SMILES string of the molecule is CCCC[C@@H](CC)C(=O)Nc1cc([N+](=O)[O-])ccc1F. The van der Waals surface area contributed by atoms with Crippen molar-refractivity contribution in [1.82, 2.24) is 0 Å². The molecular weight excluding hydrogens is 263 g/mol. The highest BCUT2D eigenvalue weighted by atomic mass is 19.1. The number of nitrogens with zero attached hydrogens (tertiary/aromatic N) is 1. The average Bonchev–Trinajstić information content (AvgIpc) is 2.41. The molecule has 0 saturated heterocycles. The van der Waals surface area contributed by atoms with E-state index in [-0.39, 0.29) is 23.2 Å². The molecule has 1 rings (SSSR count). The van der Waals surface area contributed by atoms with Crippen LogP contribution in [-0.2, 0) is 4.79 Å². The Hall–Kier alpha value is -1.98. The second-order valence-electron chi connectivity index (χ2n) is 4.66. The fourth-order valence-electron chi connectivity index (χ4n) is 1.93. The molecule has 0 aliphatic heterocycles. The first-order valence-electron chi connectivity index (χ1n) is 6.74. The zero-order valence-electron chi connectivity index (χ0n) is 11.7. The third-order valence-electron chi connectivity index (χ3n) is 3.19. The average molecular weight is 282 g/mol. The zero-order chi connectivity index (χ0) is 15.1. The van der Waals surface area contributed by atoms with Gasteiger partial charge in [0.15, 0.2) is 0 Å². The van der Waals surface area contributed by atoms with Crippen LogP contribution in [0.3, 0.4) is 0 Å². The normalized spacial score (nSPS) is 11.9. The molecule has 1 aromatic carbocycles. The number of rotatable bonds is 7. The standard InChI is InChI=1S/C14H19FN2O3/c1-3-5-6-10(4-2)14(18)16-13-9-11(17(19)20)7-8-12(13)15/h7-10H,3-6H2,1-2H3,(H,16,18)/t10-/m1/s1. The second kappa shape index (κ2) is 7.57. The molecule has 1 atom stereocenters. The highest BCUT2D eigenvalue weighted by molar-refractivity contribution is 5.92. The molecule has 0 aliphatic carbocycles. The van der Waals surface area contributed by atoms with Gasteiger partial charge in [0, 0.05) is 18.1 Å². The van der Waals surface area contributed by atoms with E-state index in [1.165, 1.54) is 0 Å². The fraction of sp³-hybridized carbons (Fsp3) is 0.500. The molecule has 6 heteroatoms. The monoisotopic (exact) mass is 282 g/mol. The largest absolute Gasteiger partial charge is 0.323 e. The van der Waals surface area contributed by atoms with E-state index in [9.17, 15) is 19.3 Å². The van der Waals surface area contributed by atoms with E-state index >= 15 is 0 Å². The summed E-state index contributed by atoms with van der Waals surface area (Å²) in [5.74, 6) is -1.16. The molecule has 0 heterocycles. The maximum atomic E-state index is 13.6. The van der Waals surface area contributed by atoms with Crippen LogP contribution in [0, 0.1) is 21.8 Å². The van der Waals surface area contributed by atoms with Gasteiger partial charge in [-0.1, -0.05) is 26.7 Å². The first kappa shape index (κ1) is 16.1. The van der Waals surface area contributed by atoms with E-state index in [1.807, 2.05) is 13.8 Å². The number of nitro groups is 1. The summed E-state index contributed by atoms with van der Waals surface area (Å²) in [7, 11) is 0. The van der Waals surface area contributed by atoms with Crippen molar-refractivity contribution in [2.24, 2.45) is 5.92 Å². The fourth-order valence-corrected chi connectivity index (χ4v) is 1.93. The number of unbranched alkanes of at least 4 members (excludes halogenated alkanes) is 1. The number of hydrogen-bond donors (Lipinski definition) is 1. The summed E-state index contributed by atoms with van der Waals surface area (Å²) in [6.45, 7) is 3.93. The molecule has 0 aromatic heterocycles. The molecule has 0 unspecified atom stereocenters. The maximum Gasteiger partial charge on any atom is 0.271 e.